The first-order chi connectivity index (χ1) is 15.9. The minimum atomic E-state index is -0.770. The zero-order chi connectivity index (χ0) is 23.5. The van der Waals surface area contributed by atoms with Gasteiger partial charge in [-0.05, 0) is 48.7 Å². The summed E-state index contributed by atoms with van der Waals surface area (Å²) in [6, 6.07) is 8.93. The second-order valence-corrected chi connectivity index (χ2v) is 8.25. The topological polar surface area (TPSA) is 80.9 Å². The van der Waals surface area contributed by atoms with Gasteiger partial charge in [0.1, 0.15) is 11.6 Å². The summed E-state index contributed by atoms with van der Waals surface area (Å²) in [5, 5.41) is 1.24. The van der Waals surface area contributed by atoms with E-state index in [-0.39, 0.29) is 22.5 Å². The third-order valence-corrected chi connectivity index (χ3v) is 5.94. The minimum absolute atomic E-state index is 0.176. The molecule has 0 unspecified atom stereocenters. The first-order valence-corrected chi connectivity index (χ1v) is 10.9. The molecule has 1 saturated heterocycles. The number of aromatic nitrogens is 1. The van der Waals surface area contributed by atoms with E-state index in [1.807, 2.05) is 0 Å². The first kappa shape index (κ1) is 23.2. The fraction of sp³-hybridized carbons (Fsp3) is 0.333. The van der Waals surface area contributed by atoms with E-state index in [0.29, 0.717) is 54.0 Å². The normalized spacial score (nSPS) is 17.2. The van der Waals surface area contributed by atoms with Crippen LogP contribution in [0.5, 0.6) is 5.75 Å². The van der Waals surface area contributed by atoms with Crippen LogP contribution < -0.4 is 10.3 Å². The van der Waals surface area contributed by atoms with Crippen molar-refractivity contribution in [2.75, 3.05) is 33.5 Å². The highest BCUT2D eigenvalue weighted by Crippen LogP contribution is 2.33. The number of halogens is 2. The number of amides is 1. The summed E-state index contributed by atoms with van der Waals surface area (Å²) >= 11 is 6.23. The highest BCUT2D eigenvalue weighted by Gasteiger charge is 2.31. The molecule has 174 valence electrons. The Morgan fingerprint density at radius 1 is 1.27 bits per heavy atom. The van der Waals surface area contributed by atoms with E-state index in [2.05, 4.69) is 4.98 Å². The average Bonchev–Trinajstić information content (AvgIpc) is 2.80. The number of fused-ring (bicyclic) bond motifs is 1. The Kier molecular flexibility index (Phi) is 6.97. The quantitative estimate of drug-likeness (QED) is 0.590. The van der Waals surface area contributed by atoms with E-state index in [4.69, 9.17) is 25.8 Å². The zero-order valence-electron chi connectivity index (χ0n) is 18.3. The molecule has 9 heteroatoms. The molecule has 0 bridgehead atoms. The van der Waals surface area contributed by atoms with Crippen LogP contribution in [0.1, 0.15) is 6.92 Å². The number of H-pyrrole nitrogens is 1. The maximum absolute atomic E-state index is 13.5. The molecule has 1 fully saturated rings. The maximum atomic E-state index is 13.5. The lowest BCUT2D eigenvalue weighted by Crippen LogP contribution is -2.54. The summed E-state index contributed by atoms with van der Waals surface area (Å²) < 4.78 is 30.0. The Morgan fingerprint density at radius 3 is 2.85 bits per heavy atom. The number of ether oxygens (including phenoxy) is 3. The van der Waals surface area contributed by atoms with Crippen LogP contribution in [0, 0.1) is 5.82 Å². The van der Waals surface area contributed by atoms with Gasteiger partial charge in [-0.15, -0.1) is 0 Å². The number of benzene rings is 2. The molecular formula is C24H24ClFN2O5. The molecule has 3 aromatic rings. The van der Waals surface area contributed by atoms with Crippen LogP contribution in [0.4, 0.5) is 4.39 Å². The highest BCUT2D eigenvalue weighted by atomic mass is 35.5. The molecule has 0 saturated carbocycles. The molecule has 33 heavy (non-hydrogen) atoms. The molecule has 4 rings (SSSR count). The van der Waals surface area contributed by atoms with Crippen molar-refractivity contribution in [2.45, 2.75) is 19.1 Å². The van der Waals surface area contributed by atoms with Gasteiger partial charge in [0.25, 0.3) is 11.5 Å². The van der Waals surface area contributed by atoms with Gasteiger partial charge < -0.3 is 24.1 Å². The largest absolute Gasteiger partial charge is 0.481 e. The first-order valence-electron chi connectivity index (χ1n) is 10.5. The Bertz CT molecular complexity index is 1230. The Hall–Kier alpha value is -2.94. The number of pyridine rings is 1. The smallest absolute Gasteiger partial charge is 0.263 e. The van der Waals surface area contributed by atoms with Crippen LogP contribution in [0.15, 0.2) is 47.4 Å². The Morgan fingerprint density at radius 2 is 2.09 bits per heavy atom. The number of nitrogens with zero attached hydrogens (tertiary/aromatic N) is 1. The number of methoxy groups -OCH3 is 1. The molecule has 2 atom stereocenters. The van der Waals surface area contributed by atoms with Crippen molar-refractivity contribution >= 4 is 28.3 Å². The van der Waals surface area contributed by atoms with Gasteiger partial charge in [0.2, 0.25) is 0 Å². The SMILES string of the molecule is COC[C@@H]1COCCN1C(=O)[C@@H](C)Oc1ccc2c(-c3ccc(F)cc3Cl)c[nH]c(=O)c2c1. The van der Waals surface area contributed by atoms with Crippen molar-refractivity contribution in [1.82, 2.24) is 9.88 Å². The van der Waals surface area contributed by atoms with Gasteiger partial charge in [0, 0.05) is 31.0 Å². The second kappa shape index (κ2) is 9.91. The van der Waals surface area contributed by atoms with Gasteiger partial charge >= 0.3 is 0 Å². The number of aromatic amines is 1. The predicted molar refractivity (Wildman–Crippen MR) is 123 cm³/mol. The van der Waals surface area contributed by atoms with Crippen LogP contribution in [0.3, 0.4) is 0 Å². The number of carbonyl (C=O) groups is 1. The molecule has 7 nitrogen and oxygen atoms in total. The lowest BCUT2D eigenvalue weighted by Gasteiger charge is -2.36. The highest BCUT2D eigenvalue weighted by molar-refractivity contribution is 6.33. The van der Waals surface area contributed by atoms with Crippen LogP contribution in [-0.2, 0) is 14.3 Å². The summed E-state index contributed by atoms with van der Waals surface area (Å²) in [6.45, 7) is 3.37. The van der Waals surface area contributed by atoms with Crippen LogP contribution in [-0.4, -0.2) is 61.4 Å². The zero-order valence-corrected chi connectivity index (χ0v) is 19.0. The summed E-state index contributed by atoms with van der Waals surface area (Å²) in [5.41, 5.74) is 0.929. The van der Waals surface area contributed by atoms with E-state index in [9.17, 15) is 14.0 Å². The number of hydrogen-bond acceptors (Lipinski definition) is 5. The van der Waals surface area contributed by atoms with Gasteiger partial charge in [-0.25, -0.2) is 4.39 Å². The van der Waals surface area contributed by atoms with E-state index in [0.717, 1.165) is 0 Å². The van der Waals surface area contributed by atoms with Crippen LogP contribution in [0.2, 0.25) is 5.02 Å². The van der Waals surface area contributed by atoms with Crippen molar-refractivity contribution < 1.29 is 23.4 Å². The van der Waals surface area contributed by atoms with Crippen molar-refractivity contribution in [3.63, 3.8) is 0 Å². The standard InChI is InChI=1S/C24H24ClFN2O5/c1-14(24(30)28-7-8-32-13-16(28)12-31-2)33-17-4-6-18-20(10-17)23(29)27-11-21(18)19-5-3-15(26)9-22(19)25/h3-6,9-11,14,16H,7-8,12-13H2,1-2H3,(H,27,29)/t14-,16-/m1/s1. The van der Waals surface area contributed by atoms with E-state index in [1.54, 1.807) is 49.4 Å². The van der Waals surface area contributed by atoms with Gasteiger partial charge in [0.05, 0.1) is 36.3 Å². The number of carbonyl (C=O) groups excluding carboxylic acids is 1. The minimum Gasteiger partial charge on any atom is -0.481 e. The summed E-state index contributed by atoms with van der Waals surface area (Å²) in [4.78, 5) is 29.9. The van der Waals surface area contributed by atoms with Crippen LogP contribution >= 0.6 is 11.6 Å². The number of hydrogen-bond donors (Lipinski definition) is 1. The van der Waals surface area contributed by atoms with Gasteiger partial charge in [0.15, 0.2) is 6.10 Å². The molecule has 2 heterocycles. The molecular weight excluding hydrogens is 451 g/mol. The molecule has 2 aromatic carbocycles. The lowest BCUT2D eigenvalue weighted by atomic mass is 10.0. The summed E-state index contributed by atoms with van der Waals surface area (Å²) in [6.07, 6.45) is 0.777. The van der Waals surface area contributed by atoms with Crippen molar-refractivity contribution in [3.8, 4) is 16.9 Å². The maximum Gasteiger partial charge on any atom is 0.263 e. The van der Waals surface area contributed by atoms with E-state index < -0.39 is 11.9 Å². The monoisotopic (exact) mass is 474 g/mol. The number of morpholine rings is 1. The van der Waals surface area contributed by atoms with Crippen molar-refractivity contribution in [1.29, 1.82) is 0 Å². The van der Waals surface area contributed by atoms with E-state index in [1.165, 1.54) is 12.1 Å². The van der Waals surface area contributed by atoms with Gasteiger partial charge in [-0.2, -0.15) is 0 Å². The summed E-state index contributed by atoms with van der Waals surface area (Å²) in [5.74, 6) is -0.242. The third kappa shape index (κ3) is 4.88. The number of nitrogens with one attached hydrogen (secondary N) is 1. The Balaban J connectivity index is 1.61. The van der Waals surface area contributed by atoms with Gasteiger partial charge in [-0.3, -0.25) is 9.59 Å². The van der Waals surface area contributed by atoms with Crippen LogP contribution in [0.25, 0.3) is 21.9 Å². The molecule has 0 spiro atoms. The summed E-state index contributed by atoms with van der Waals surface area (Å²) in [7, 11) is 1.58. The van der Waals surface area contributed by atoms with E-state index >= 15 is 0 Å². The molecule has 1 N–H and O–H groups in total. The predicted octanol–water partition coefficient (Wildman–Crippen LogP) is 3.63. The van der Waals surface area contributed by atoms with Crippen molar-refractivity contribution in [3.05, 3.63) is 63.8 Å². The molecule has 1 amide bonds. The second-order valence-electron chi connectivity index (χ2n) is 7.84. The Labute approximate surface area is 195 Å². The molecule has 0 radical (unpaired) electrons. The van der Waals surface area contributed by atoms with Crippen molar-refractivity contribution in [2.24, 2.45) is 0 Å². The fourth-order valence-electron chi connectivity index (χ4n) is 4.01. The molecule has 1 aromatic heterocycles. The molecule has 0 aliphatic carbocycles. The molecule has 1 aliphatic rings. The number of rotatable bonds is 6. The lowest BCUT2D eigenvalue weighted by molar-refractivity contribution is -0.148. The average molecular weight is 475 g/mol. The third-order valence-electron chi connectivity index (χ3n) is 5.63. The molecule has 1 aliphatic heterocycles. The fourth-order valence-corrected chi connectivity index (χ4v) is 4.28. The van der Waals surface area contributed by atoms with Gasteiger partial charge in [-0.1, -0.05) is 11.6 Å².